The zero-order chi connectivity index (χ0) is 13.8. The average molecular weight is 259 g/mol. The molecule has 19 heavy (non-hydrogen) atoms. The van der Waals surface area contributed by atoms with Crippen molar-refractivity contribution in [2.75, 3.05) is 11.9 Å². The third kappa shape index (κ3) is 2.73. The fourth-order valence-electron chi connectivity index (χ4n) is 1.99. The van der Waals surface area contributed by atoms with Crippen LogP contribution in [0, 0.1) is 0 Å². The lowest BCUT2D eigenvalue weighted by Crippen LogP contribution is -2.33. The van der Waals surface area contributed by atoms with E-state index in [2.05, 4.69) is 20.3 Å². The van der Waals surface area contributed by atoms with Crippen molar-refractivity contribution in [3.8, 4) is 0 Å². The monoisotopic (exact) mass is 259 g/mol. The summed E-state index contributed by atoms with van der Waals surface area (Å²) in [6, 6.07) is 7.92. The van der Waals surface area contributed by atoms with E-state index < -0.39 is 0 Å². The number of nitrogens with zero attached hydrogens (tertiary/aromatic N) is 4. The van der Waals surface area contributed by atoms with Gasteiger partial charge in [-0.15, -0.1) is 0 Å². The Labute approximate surface area is 111 Å². The third-order valence-corrected chi connectivity index (χ3v) is 3.20. The molecule has 1 aromatic heterocycles. The largest absolute Gasteiger partial charge is 0.409 e. The summed E-state index contributed by atoms with van der Waals surface area (Å²) in [5.41, 5.74) is 7.37. The smallest absolute Gasteiger partial charge is 0.141 e. The first kappa shape index (κ1) is 13.1. The summed E-state index contributed by atoms with van der Waals surface area (Å²) < 4.78 is 0. The maximum Gasteiger partial charge on any atom is 0.141 e. The van der Waals surface area contributed by atoms with Gasteiger partial charge in [0.25, 0.3) is 0 Å². The van der Waals surface area contributed by atoms with E-state index in [9.17, 15) is 0 Å². The van der Waals surface area contributed by atoms with Crippen molar-refractivity contribution < 1.29 is 5.21 Å². The van der Waals surface area contributed by atoms with Gasteiger partial charge in [0.1, 0.15) is 5.84 Å². The first-order chi connectivity index (χ1) is 9.13. The summed E-state index contributed by atoms with van der Waals surface area (Å²) in [6.45, 7) is 2.01. The molecule has 100 valence electrons. The van der Waals surface area contributed by atoms with Crippen molar-refractivity contribution in [1.29, 1.82) is 0 Å². The van der Waals surface area contributed by atoms with Gasteiger partial charge in [0.2, 0.25) is 0 Å². The highest BCUT2D eigenvalue weighted by molar-refractivity contribution is 5.91. The second-order valence-corrected chi connectivity index (χ2v) is 4.50. The number of aromatic nitrogens is 2. The van der Waals surface area contributed by atoms with Gasteiger partial charge in [-0.3, -0.25) is 0 Å². The molecule has 0 radical (unpaired) electrons. The molecule has 0 saturated carbocycles. The number of hydrogen-bond donors (Lipinski definition) is 2. The summed E-state index contributed by atoms with van der Waals surface area (Å²) >= 11 is 0. The Hall–Kier alpha value is -2.37. The van der Waals surface area contributed by atoms with Gasteiger partial charge < -0.3 is 15.8 Å². The minimum Gasteiger partial charge on any atom is -0.409 e. The number of nitrogens with two attached hydrogens (primary N) is 1. The minimum absolute atomic E-state index is 0.0866. The molecule has 1 atom stereocenters. The SMILES string of the molecule is CC(CC(N)=NO)N(C)c1cnnc2ccccc12. The third-order valence-electron chi connectivity index (χ3n) is 3.20. The predicted molar refractivity (Wildman–Crippen MR) is 75.4 cm³/mol. The minimum atomic E-state index is 0.0866. The molecule has 0 aliphatic rings. The molecule has 0 aliphatic carbocycles. The van der Waals surface area contributed by atoms with Gasteiger partial charge in [0.15, 0.2) is 0 Å². The van der Waals surface area contributed by atoms with E-state index in [1.165, 1.54) is 0 Å². The van der Waals surface area contributed by atoms with Crippen molar-refractivity contribution in [3.63, 3.8) is 0 Å². The van der Waals surface area contributed by atoms with Gasteiger partial charge in [-0.25, -0.2) is 0 Å². The number of anilines is 1. The maximum atomic E-state index is 8.63. The van der Waals surface area contributed by atoms with E-state index in [1.807, 2.05) is 38.2 Å². The van der Waals surface area contributed by atoms with Crippen LogP contribution in [0.1, 0.15) is 13.3 Å². The van der Waals surface area contributed by atoms with E-state index >= 15 is 0 Å². The van der Waals surface area contributed by atoms with Crippen LogP contribution in [0.5, 0.6) is 0 Å². The lowest BCUT2D eigenvalue weighted by Gasteiger charge is -2.27. The van der Waals surface area contributed by atoms with Crippen LogP contribution in [0.2, 0.25) is 0 Å². The summed E-state index contributed by atoms with van der Waals surface area (Å²) in [6.07, 6.45) is 2.20. The Morgan fingerprint density at radius 3 is 2.95 bits per heavy atom. The molecule has 0 bridgehead atoms. The fraction of sp³-hybridized carbons (Fsp3) is 0.308. The normalized spacial score (nSPS) is 13.5. The van der Waals surface area contributed by atoms with Crippen LogP contribution in [0.4, 0.5) is 5.69 Å². The average Bonchev–Trinajstić information content (AvgIpc) is 2.45. The van der Waals surface area contributed by atoms with Gasteiger partial charge in [0.05, 0.1) is 17.4 Å². The number of hydrogen-bond acceptors (Lipinski definition) is 5. The van der Waals surface area contributed by atoms with Crippen LogP contribution in [0.15, 0.2) is 35.6 Å². The van der Waals surface area contributed by atoms with Crippen molar-refractivity contribution in [2.24, 2.45) is 10.9 Å². The Balaban J connectivity index is 2.33. The molecule has 3 N–H and O–H groups in total. The predicted octanol–water partition coefficient (Wildman–Crippen LogP) is 1.59. The molecule has 0 spiro atoms. The van der Waals surface area contributed by atoms with E-state index in [4.69, 9.17) is 10.9 Å². The summed E-state index contributed by atoms with van der Waals surface area (Å²) in [4.78, 5) is 2.05. The Kier molecular flexibility index (Phi) is 3.79. The molecule has 1 aromatic carbocycles. The van der Waals surface area contributed by atoms with E-state index in [1.54, 1.807) is 6.20 Å². The van der Waals surface area contributed by atoms with Crippen molar-refractivity contribution in [2.45, 2.75) is 19.4 Å². The summed E-state index contributed by atoms with van der Waals surface area (Å²) in [5.74, 6) is 0.214. The molecule has 1 unspecified atom stereocenters. The van der Waals surface area contributed by atoms with Gasteiger partial charge in [0, 0.05) is 24.9 Å². The highest BCUT2D eigenvalue weighted by atomic mass is 16.4. The Bertz CT molecular complexity index is 593. The van der Waals surface area contributed by atoms with Crippen molar-refractivity contribution in [3.05, 3.63) is 30.5 Å². The molecular weight excluding hydrogens is 242 g/mol. The first-order valence-electron chi connectivity index (χ1n) is 6.03. The zero-order valence-electron chi connectivity index (χ0n) is 11.0. The Morgan fingerprint density at radius 1 is 1.47 bits per heavy atom. The van der Waals surface area contributed by atoms with Crippen LogP contribution in [0.3, 0.4) is 0 Å². The van der Waals surface area contributed by atoms with E-state index in [0.717, 1.165) is 16.6 Å². The summed E-state index contributed by atoms with van der Waals surface area (Å²) in [7, 11) is 1.96. The maximum absolute atomic E-state index is 8.63. The molecule has 0 saturated heterocycles. The summed E-state index contributed by atoms with van der Waals surface area (Å²) in [5, 5.41) is 20.8. The molecule has 2 aromatic rings. The molecule has 2 rings (SSSR count). The van der Waals surface area contributed by atoms with Gasteiger partial charge in [-0.1, -0.05) is 23.4 Å². The lowest BCUT2D eigenvalue weighted by atomic mass is 10.1. The molecule has 0 aliphatic heterocycles. The van der Waals surface area contributed by atoms with Crippen LogP contribution < -0.4 is 10.6 Å². The number of rotatable bonds is 4. The molecule has 0 fully saturated rings. The van der Waals surface area contributed by atoms with Gasteiger partial charge in [-0.2, -0.15) is 10.2 Å². The van der Waals surface area contributed by atoms with Gasteiger partial charge >= 0.3 is 0 Å². The van der Waals surface area contributed by atoms with Gasteiger partial charge in [-0.05, 0) is 13.0 Å². The van der Waals surface area contributed by atoms with Crippen LogP contribution in [-0.4, -0.2) is 34.3 Å². The molecule has 6 nitrogen and oxygen atoms in total. The number of benzene rings is 1. The number of oxime groups is 1. The fourth-order valence-corrected chi connectivity index (χ4v) is 1.99. The molecular formula is C13H17N5O. The Morgan fingerprint density at radius 2 is 2.21 bits per heavy atom. The second-order valence-electron chi connectivity index (χ2n) is 4.50. The van der Waals surface area contributed by atoms with Crippen LogP contribution >= 0.6 is 0 Å². The van der Waals surface area contributed by atoms with E-state index in [-0.39, 0.29) is 11.9 Å². The first-order valence-corrected chi connectivity index (χ1v) is 6.03. The van der Waals surface area contributed by atoms with Crippen molar-refractivity contribution in [1.82, 2.24) is 10.2 Å². The quantitative estimate of drug-likeness (QED) is 0.377. The molecule has 1 heterocycles. The standard InChI is InChI=1S/C13H17N5O/c1-9(7-13(14)17-19)18(2)12-8-15-16-11-6-4-3-5-10(11)12/h3-6,8-9,19H,7H2,1-2H3,(H2,14,17). The lowest BCUT2D eigenvalue weighted by molar-refractivity contribution is 0.316. The second kappa shape index (κ2) is 5.51. The highest BCUT2D eigenvalue weighted by Crippen LogP contribution is 2.25. The van der Waals surface area contributed by atoms with Crippen LogP contribution in [0.25, 0.3) is 10.9 Å². The highest BCUT2D eigenvalue weighted by Gasteiger charge is 2.15. The zero-order valence-corrected chi connectivity index (χ0v) is 11.0. The van der Waals surface area contributed by atoms with Crippen LogP contribution in [-0.2, 0) is 0 Å². The number of fused-ring (bicyclic) bond motifs is 1. The topological polar surface area (TPSA) is 87.6 Å². The molecule has 6 heteroatoms. The molecule has 0 amide bonds. The van der Waals surface area contributed by atoms with Crippen molar-refractivity contribution >= 4 is 22.4 Å². The number of amidine groups is 1. The van der Waals surface area contributed by atoms with E-state index in [0.29, 0.717) is 6.42 Å².